The van der Waals surface area contributed by atoms with Gasteiger partial charge < -0.3 is 9.47 Å². The molecule has 0 fully saturated rings. The lowest BCUT2D eigenvalue weighted by molar-refractivity contribution is 0.0601. The Morgan fingerprint density at radius 3 is 2.62 bits per heavy atom. The molecule has 0 atom stereocenters. The molecule has 24 heavy (non-hydrogen) atoms. The van der Waals surface area contributed by atoms with E-state index in [1.54, 1.807) is 6.92 Å². The van der Waals surface area contributed by atoms with E-state index in [2.05, 4.69) is 9.72 Å². The zero-order valence-corrected chi connectivity index (χ0v) is 13.8. The van der Waals surface area contributed by atoms with Crippen LogP contribution in [0.2, 0.25) is 5.02 Å². The van der Waals surface area contributed by atoms with Crippen molar-refractivity contribution in [2.75, 3.05) is 13.7 Å². The third kappa shape index (κ3) is 3.02. The normalized spacial score (nSPS) is 10.5. The fourth-order valence-corrected chi connectivity index (χ4v) is 2.19. The highest BCUT2D eigenvalue weighted by molar-refractivity contribution is 6.33. The Morgan fingerprint density at radius 1 is 1.38 bits per heavy atom. The molecule has 0 amide bonds. The van der Waals surface area contributed by atoms with Crippen LogP contribution < -0.4 is 16.1 Å². The number of ether oxygens (including phenoxy) is 2. The summed E-state index contributed by atoms with van der Waals surface area (Å²) >= 11 is 5.79. The lowest BCUT2D eigenvalue weighted by Gasteiger charge is -2.12. The minimum absolute atomic E-state index is 0.186. The van der Waals surface area contributed by atoms with Crippen LogP contribution in [0.4, 0.5) is 4.39 Å². The molecule has 128 valence electrons. The van der Waals surface area contributed by atoms with Crippen LogP contribution in [0.5, 0.6) is 6.01 Å². The number of carbonyl (C=O) groups excluding carboxylic acids is 1. The molecule has 0 bridgehead atoms. The SMILES string of the molecule is CCOc1nc(=O)n(-c2cc(C(=O)OC)c(Cl)cc2F)c(=O)n1C. The quantitative estimate of drug-likeness (QED) is 0.755. The lowest BCUT2D eigenvalue weighted by Crippen LogP contribution is -2.40. The van der Waals surface area contributed by atoms with Crippen LogP contribution in [0.25, 0.3) is 5.69 Å². The minimum atomic E-state index is -1.06. The summed E-state index contributed by atoms with van der Waals surface area (Å²) in [4.78, 5) is 39.7. The zero-order chi connectivity index (χ0) is 18.0. The average molecular weight is 358 g/mol. The Bertz CT molecular complexity index is 922. The highest BCUT2D eigenvalue weighted by atomic mass is 35.5. The molecular weight excluding hydrogens is 345 g/mol. The van der Waals surface area contributed by atoms with E-state index in [0.717, 1.165) is 23.8 Å². The van der Waals surface area contributed by atoms with E-state index in [1.807, 2.05) is 0 Å². The minimum Gasteiger partial charge on any atom is -0.465 e. The number of nitrogens with zero attached hydrogens (tertiary/aromatic N) is 3. The summed E-state index contributed by atoms with van der Waals surface area (Å²) in [5, 5.41) is -0.216. The van der Waals surface area contributed by atoms with E-state index in [1.165, 1.54) is 7.05 Å². The molecule has 0 aliphatic heterocycles. The predicted molar refractivity (Wildman–Crippen MR) is 82.6 cm³/mol. The smallest absolute Gasteiger partial charge is 0.361 e. The first kappa shape index (κ1) is 17.7. The summed E-state index contributed by atoms with van der Waals surface area (Å²) < 4.78 is 25.2. The third-order valence-corrected chi connectivity index (χ3v) is 3.42. The summed E-state index contributed by atoms with van der Waals surface area (Å²) in [5.74, 6) is -1.82. The van der Waals surface area contributed by atoms with Gasteiger partial charge in [0.15, 0.2) is 0 Å². The second kappa shape index (κ2) is 6.83. The molecule has 1 aromatic carbocycles. The fourth-order valence-electron chi connectivity index (χ4n) is 1.96. The van der Waals surface area contributed by atoms with Crippen LogP contribution in [0.3, 0.4) is 0 Å². The van der Waals surface area contributed by atoms with Crippen molar-refractivity contribution in [3.05, 3.63) is 49.5 Å². The monoisotopic (exact) mass is 357 g/mol. The molecule has 0 aliphatic rings. The van der Waals surface area contributed by atoms with E-state index in [9.17, 15) is 18.8 Å². The van der Waals surface area contributed by atoms with Crippen molar-refractivity contribution >= 4 is 17.6 Å². The molecule has 0 spiro atoms. The van der Waals surface area contributed by atoms with Crippen LogP contribution in [0.15, 0.2) is 21.7 Å². The van der Waals surface area contributed by atoms with Crippen molar-refractivity contribution in [2.45, 2.75) is 6.92 Å². The number of carbonyl (C=O) groups is 1. The Hall–Kier alpha value is -2.68. The van der Waals surface area contributed by atoms with Gasteiger partial charge in [-0.05, 0) is 19.1 Å². The Labute approximate surface area is 140 Å². The van der Waals surface area contributed by atoms with E-state index >= 15 is 0 Å². The van der Waals surface area contributed by atoms with Gasteiger partial charge in [0.05, 0.1) is 30.0 Å². The second-order valence-corrected chi connectivity index (χ2v) is 4.97. The Kier molecular flexibility index (Phi) is 5.03. The molecule has 0 N–H and O–H groups in total. The Morgan fingerprint density at radius 2 is 2.04 bits per heavy atom. The summed E-state index contributed by atoms with van der Waals surface area (Å²) in [6.07, 6.45) is 0. The van der Waals surface area contributed by atoms with E-state index in [0.29, 0.717) is 4.57 Å². The van der Waals surface area contributed by atoms with Gasteiger partial charge in [-0.15, -0.1) is 4.98 Å². The molecule has 8 nitrogen and oxygen atoms in total. The van der Waals surface area contributed by atoms with E-state index in [-0.39, 0.29) is 23.2 Å². The number of methoxy groups -OCH3 is 1. The van der Waals surface area contributed by atoms with Crippen LogP contribution in [0.1, 0.15) is 17.3 Å². The topological polar surface area (TPSA) is 92.4 Å². The van der Waals surface area contributed by atoms with Crippen molar-refractivity contribution in [3.63, 3.8) is 0 Å². The van der Waals surface area contributed by atoms with Crippen LogP contribution in [0, 0.1) is 5.82 Å². The van der Waals surface area contributed by atoms with E-state index in [4.69, 9.17) is 16.3 Å². The van der Waals surface area contributed by atoms with Gasteiger partial charge in [-0.25, -0.2) is 27.9 Å². The molecule has 1 aromatic heterocycles. The highest BCUT2D eigenvalue weighted by Gasteiger charge is 2.20. The van der Waals surface area contributed by atoms with Crippen molar-refractivity contribution in [2.24, 2.45) is 7.05 Å². The molecule has 2 rings (SSSR count). The number of hydrogen-bond donors (Lipinski definition) is 0. The summed E-state index contributed by atoms with van der Waals surface area (Å²) in [6.45, 7) is 1.84. The molecule has 0 aliphatic carbocycles. The second-order valence-electron chi connectivity index (χ2n) is 4.56. The van der Waals surface area contributed by atoms with Crippen LogP contribution in [-0.4, -0.2) is 33.8 Å². The molecule has 10 heteroatoms. The molecular formula is C14H13ClFN3O5. The first-order chi connectivity index (χ1) is 11.3. The lowest BCUT2D eigenvalue weighted by atomic mass is 10.2. The van der Waals surface area contributed by atoms with Gasteiger partial charge in [0.25, 0.3) is 0 Å². The molecule has 0 saturated heterocycles. The largest absolute Gasteiger partial charge is 0.465 e. The molecule has 1 heterocycles. The maximum Gasteiger partial charge on any atom is 0.361 e. The standard InChI is InChI=1S/C14H13ClFN3O5/c1-4-24-13-17-12(21)19(14(22)18(13)2)10-5-7(11(20)23-3)8(15)6-9(10)16/h5-6H,4H2,1-3H3. The van der Waals surface area contributed by atoms with Gasteiger partial charge in [0.1, 0.15) is 5.82 Å². The Balaban J connectivity index is 2.78. The first-order valence-corrected chi connectivity index (χ1v) is 7.10. The maximum absolute atomic E-state index is 14.2. The summed E-state index contributed by atoms with van der Waals surface area (Å²) in [7, 11) is 2.43. The third-order valence-electron chi connectivity index (χ3n) is 3.10. The number of halogens is 2. The molecule has 0 unspecified atom stereocenters. The van der Waals surface area contributed by atoms with Crippen molar-refractivity contribution in [1.29, 1.82) is 0 Å². The van der Waals surface area contributed by atoms with Crippen LogP contribution in [-0.2, 0) is 11.8 Å². The van der Waals surface area contributed by atoms with Gasteiger partial charge in [0, 0.05) is 7.05 Å². The number of benzene rings is 1. The molecule has 0 radical (unpaired) electrons. The maximum atomic E-state index is 14.2. The van der Waals surface area contributed by atoms with Gasteiger partial charge >= 0.3 is 23.4 Å². The number of aromatic nitrogens is 3. The number of hydrogen-bond acceptors (Lipinski definition) is 6. The number of esters is 1. The molecule has 2 aromatic rings. The highest BCUT2D eigenvalue weighted by Crippen LogP contribution is 2.23. The van der Waals surface area contributed by atoms with Crippen LogP contribution >= 0.6 is 11.6 Å². The molecule has 0 saturated carbocycles. The summed E-state index contributed by atoms with van der Waals surface area (Å²) in [5.41, 5.74) is -2.62. The first-order valence-electron chi connectivity index (χ1n) is 6.72. The van der Waals surface area contributed by atoms with Crippen molar-refractivity contribution < 1.29 is 18.7 Å². The van der Waals surface area contributed by atoms with Crippen molar-refractivity contribution in [3.8, 4) is 11.7 Å². The average Bonchev–Trinajstić information content (AvgIpc) is 2.53. The van der Waals surface area contributed by atoms with E-state index < -0.39 is 28.9 Å². The van der Waals surface area contributed by atoms with Crippen molar-refractivity contribution in [1.82, 2.24) is 14.1 Å². The summed E-state index contributed by atoms with van der Waals surface area (Å²) in [6, 6.07) is 1.56. The van der Waals surface area contributed by atoms with Gasteiger partial charge in [0.2, 0.25) is 0 Å². The van der Waals surface area contributed by atoms with Gasteiger partial charge in [-0.1, -0.05) is 11.6 Å². The van der Waals surface area contributed by atoms with Gasteiger partial charge in [-0.3, -0.25) is 0 Å². The fraction of sp³-hybridized carbons (Fsp3) is 0.286. The number of rotatable bonds is 4. The predicted octanol–water partition coefficient (Wildman–Crippen LogP) is 0.909. The zero-order valence-electron chi connectivity index (χ0n) is 13.0. The van der Waals surface area contributed by atoms with Gasteiger partial charge in [-0.2, -0.15) is 0 Å².